The van der Waals surface area contributed by atoms with Gasteiger partial charge < -0.3 is 10.0 Å². The molecule has 1 aromatic rings. The number of hydrogen-bond donors (Lipinski definition) is 1. The molecule has 0 aromatic carbocycles. The molecule has 4 heteroatoms. The van der Waals surface area contributed by atoms with Crippen molar-refractivity contribution in [3.05, 3.63) is 18.1 Å². The van der Waals surface area contributed by atoms with Gasteiger partial charge in [0.2, 0.25) is 0 Å². The molecule has 1 unspecified atom stereocenters. The van der Waals surface area contributed by atoms with Crippen LogP contribution in [0.5, 0.6) is 0 Å². The van der Waals surface area contributed by atoms with Gasteiger partial charge in [0.1, 0.15) is 12.1 Å². The Bertz CT molecular complexity index is 365. The summed E-state index contributed by atoms with van der Waals surface area (Å²) in [6.45, 7) is 5.55. The summed E-state index contributed by atoms with van der Waals surface area (Å²) in [5.41, 5.74) is 0.509. The Hall–Kier alpha value is -1.16. The van der Waals surface area contributed by atoms with Gasteiger partial charge in [-0.15, -0.1) is 0 Å². The first-order valence-corrected chi connectivity index (χ1v) is 5.89. The summed E-state index contributed by atoms with van der Waals surface area (Å²) in [7, 11) is 0. The second-order valence-electron chi connectivity index (χ2n) is 4.79. The van der Waals surface area contributed by atoms with Crippen molar-refractivity contribution in [3.63, 3.8) is 0 Å². The summed E-state index contributed by atoms with van der Waals surface area (Å²) in [5, 5.41) is 9.91. The van der Waals surface area contributed by atoms with Crippen molar-refractivity contribution in [2.75, 3.05) is 18.0 Å². The first kappa shape index (κ1) is 11.3. The third-order valence-corrected chi connectivity index (χ3v) is 2.99. The van der Waals surface area contributed by atoms with E-state index < -0.39 is 5.60 Å². The van der Waals surface area contributed by atoms with Crippen molar-refractivity contribution < 1.29 is 5.11 Å². The van der Waals surface area contributed by atoms with E-state index in [4.69, 9.17) is 0 Å². The Morgan fingerprint density at radius 3 is 2.94 bits per heavy atom. The molecule has 1 saturated heterocycles. The van der Waals surface area contributed by atoms with E-state index in [0.29, 0.717) is 6.54 Å². The lowest BCUT2D eigenvalue weighted by molar-refractivity contribution is 0.0839. The summed E-state index contributed by atoms with van der Waals surface area (Å²) < 4.78 is 0. The smallest absolute Gasteiger partial charge is 0.132 e. The van der Waals surface area contributed by atoms with Crippen molar-refractivity contribution in [1.82, 2.24) is 9.97 Å². The Labute approximate surface area is 96.3 Å². The first-order valence-electron chi connectivity index (χ1n) is 5.89. The number of hydrogen-bond acceptors (Lipinski definition) is 4. The summed E-state index contributed by atoms with van der Waals surface area (Å²) in [6, 6.07) is 2.03. The molecule has 0 amide bonds. The average Bonchev–Trinajstić information content (AvgIpc) is 2.60. The van der Waals surface area contributed by atoms with Crippen molar-refractivity contribution in [1.29, 1.82) is 0 Å². The molecule has 1 fully saturated rings. The molecule has 0 bridgehead atoms. The molecule has 0 spiro atoms. The molecule has 1 aliphatic heterocycles. The molecule has 88 valence electrons. The van der Waals surface area contributed by atoms with Gasteiger partial charge in [-0.25, -0.2) is 9.97 Å². The predicted octanol–water partition coefficient (Wildman–Crippen LogP) is 1.39. The minimum atomic E-state index is -0.574. The first-order chi connectivity index (χ1) is 7.61. The van der Waals surface area contributed by atoms with Gasteiger partial charge >= 0.3 is 0 Å². The van der Waals surface area contributed by atoms with Crippen LogP contribution in [-0.2, 0) is 6.42 Å². The van der Waals surface area contributed by atoms with Crippen LogP contribution in [0.25, 0.3) is 0 Å². The fraction of sp³-hybridized carbons (Fsp3) is 0.667. The number of rotatable bonds is 3. The molecule has 2 heterocycles. The zero-order valence-electron chi connectivity index (χ0n) is 9.98. The van der Waals surface area contributed by atoms with Gasteiger partial charge in [-0.1, -0.05) is 13.3 Å². The van der Waals surface area contributed by atoms with Crippen LogP contribution >= 0.6 is 0 Å². The van der Waals surface area contributed by atoms with Crippen LogP contribution in [0.15, 0.2) is 12.4 Å². The maximum atomic E-state index is 9.91. The molecular formula is C12H19N3O. The maximum Gasteiger partial charge on any atom is 0.132 e. The summed E-state index contributed by atoms with van der Waals surface area (Å²) >= 11 is 0. The lowest BCUT2D eigenvalue weighted by Gasteiger charge is -2.19. The van der Waals surface area contributed by atoms with Gasteiger partial charge in [-0.3, -0.25) is 0 Å². The van der Waals surface area contributed by atoms with Crippen molar-refractivity contribution in [2.45, 2.75) is 38.7 Å². The van der Waals surface area contributed by atoms with Crippen LogP contribution in [0.3, 0.4) is 0 Å². The Morgan fingerprint density at radius 1 is 1.50 bits per heavy atom. The Balaban J connectivity index is 2.12. The van der Waals surface area contributed by atoms with E-state index in [1.807, 2.05) is 13.0 Å². The fourth-order valence-corrected chi connectivity index (χ4v) is 2.09. The Morgan fingerprint density at radius 2 is 2.31 bits per heavy atom. The van der Waals surface area contributed by atoms with Crippen molar-refractivity contribution >= 4 is 5.82 Å². The third kappa shape index (κ3) is 2.50. The highest BCUT2D eigenvalue weighted by Crippen LogP contribution is 2.24. The van der Waals surface area contributed by atoms with Gasteiger partial charge in [-0.05, 0) is 19.8 Å². The van der Waals surface area contributed by atoms with Crippen LogP contribution in [0, 0.1) is 0 Å². The second-order valence-corrected chi connectivity index (χ2v) is 4.79. The van der Waals surface area contributed by atoms with Gasteiger partial charge in [0.05, 0.1) is 5.60 Å². The van der Waals surface area contributed by atoms with Crippen molar-refractivity contribution in [3.8, 4) is 0 Å². The van der Waals surface area contributed by atoms with Crippen molar-refractivity contribution in [2.24, 2.45) is 0 Å². The van der Waals surface area contributed by atoms with Crippen LogP contribution in [-0.4, -0.2) is 33.8 Å². The average molecular weight is 221 g/mol. The highest BCUT2D eigenvalue weighted by atomic mass is 16.3. The largest absolute Gasteiger partial charge is 0.388 e. The molecular weight excluding hydrogens is 202 g/mol. The zero-order valence-corrected chi connectivity index (χ0v) is 9.98. The van der Waals surface area contributed by atoms with E-state index >= 15 is 0 Å². The minimum Gasteiger partial charge on any atom is -0.388 e. The van der Waals surface area contributed by atoms with E-state index in [9.17, 15) is 5.11 Å². The fourth-order valence-electron chi connectivity index (χ4n) is 2.09. The van der Waals surface area contributed by atoms with Crippen LogP contribution in [0.4, 0.5) is 5.82 Å². The molecule has 1 aliphatic rings. The number of nitrogens with zero attached hydrogens (tertiary/aromatic N) is 3. The highest BCUT2D eigenvalue weighted by molar-refractivity contribution is 5.41. The summed E-state index contributed by atoms with van der Waals surface area (Å²) in [4.78, 5) is 10.6. The minimum absolute atomic E-state index is 0.574. The van der Waals surface area contributed by atoms with Crippen LogP contribution in [0.2, 0.25) is 0 Å². The highest BCUT2D eigenvalue weighted by Gasteiger charge is 2.31. The molecule has 4 nitrogen and oxygen atoms in total. The number of β-amino-alcohol motifs (C(OH)–C–C–N with tert-alkyl or cyclic N) is 1. The summed E-state index contributed by atoms with van der Waals surface area (Å²) in [5.74, 6) is 0.941. The lowest BCUT2D eigenvalue weighted by atomic mass is 10.1. The normalized spacial score (nSPS) is 25.1. The van der Waals surface area contributed by atoms with Gasteiger partial charge in [0.15, 0.2) is 0 Å². The predicted molar refractivity (Wildman–Crippen MR) is 63.5 cm³/mol. The number of anilines is 1. The van der Waals surface area contributed by atoms with E-state index in [2.05, 4.69) is 21.8 Å². The third-order valence-electron chi connectivity index (χ3n) is 2.99. The molecule has 0 saturated carbocycles. The van der Waals surface area contributed by atoms with E-state index in [1.165, 1.54) is 0 Å². The molecule has 2 rings (SSSR count). The van der Waals surface area contributed by atoms with E-state index in [-0.39, 0.29) is 0 Å². The van der Waals surface area contributed by atoms with Gasteiger partial charge in [-0.2, -0.15) is 0 Å². The quantitative estimate of drug-likeness (QED) is 0.838. The summed E-state index contributed by atoms with van der Waals surface area (Å²) in [6.07, 6.45) is 4.50. The zero-order chi connectivity index (χ0) is 11.6. The maximum absolute atomic E-state index is 9.91. The molecule has 0 aliphatic carbocycles. The van der Waals surface area contributed by atoms with Crippen LogP contribution in [0.1, 0.15) is 32.4 Å². The monoisotopic (exact) mass is 221 g/mol. The number of aromatic nitrogens is 2. The molecule has 0 radical (unpaired) electrons. The van der Waals surface area contributed by atoms with E-state index in [0.717, 1.165) is 37.3 Å². The lowest BCUT2D eigenvalue weighted by Crippen LogP contribution is -2.30. The van der Waals surface area contributed by atoms with Gasteiger partial charge in [0.25, 0.3) is 0 Å². The number of aliphatic hydroxyl groups is 1. The second kappa shape index (κ2) is 4.37. The van der Waals surface area contributed by atoms with Gasteiger partial charge in [0, 0.05) is 24.8 Å². The topological polar surface area (TPSA) is 49.2 Å². The van der Waals surface area contributed by atoms with E-state index in [1.54, 1.807) is 6.33 Å². The number of aryl methyl sites for hydroxylation is 1. The molecule has 1 N–H and O–H groups in total. The molecule has 16 heavy (non-hydrogen) atoms. The molecule has 1 atom stereocenters. The standard InChI is InChI=1S/C12H19N3O/c1-3-4-10-7-11(14-9-13-10)15-6-5-12(2,16)8-15/h7,9,16H,3-6,8H2,1-2H3. The SMILES string of the molecule is CCCc1cc(N2CCC(C)(O)C2)ncn1. The Kier molecular flexibility index (Phi) is 3.10. The molecule has 1 aromatic heterocycles. The van der Waals surface area contributed by atoms with Crippen LogP contribution < -0.4 is 4.90 Å².